The van der Waals surface area contributed by atoms with Crippen molar-refractivity contribution >= 4 is 0 Å². The van der Waals surface area contributed by atoms with Gasteiger partial charge >= 0.3 is 0 Å². The molecule has 2 rings (SSSR count). The molecule has 4 heteroatoms. The van der Waals surface area contributed by atoms with Gasteiger partial charge in [0.1, 0.15) is 5.54 Å². The van der Waals surface area contributed by atoms with Crippen molar-refractivity contribution in [3.05, 3.63) is 35.9 Å². The molecule has 0 aliphatic carbocycles. The molecule has 0 radical (unpaired) electrons. The molecule has 1 unspecified atom stereocenters. The van der Waals surface area contributed by atoms with Gasteiger partial charge in [-0.2, -0.15) is 5.26 Å². The second-order valence-electron chi connectivity index (χ2n) is 6.43. The number of likely N-dealkylation sites (tertiary alicyclic amines) is 1. The second kappa shape index (κ2) is 7.04. The zero-order valence-electron chi connectivity index (χ0n) is 13.1. The standard InChI is InChI=1S/C17H26N4/c1-20(2)12-15-8-10-21(11-9-15)14-17(19,13-18)16-6-4-3-5-7-16/h3-7,15H,8-12,14,19H2,1-2H3. The van der Waals surface area contributed by atoms with Gasteiger partial charge in [0, 0.05) is 13.1 Å². The second-order valence-corrected chi connectivity index (χ2v) is 6.43. The van der Waals surface area contributed by atoms with Gasteiger partial charge in [0.2, 0.25) is 0 Å². The highest BCUT2D eigenvalue weighted by atomic mass is 15.2. The van der Waals surface area contributed by atoms with Crippen LogP contribution in [0.4, 0.5) is 0 Å². The van der Waals surface area contributed by atoms with Crippen LogP contribution in [-0.2, 0) is 5.54 Å². The molecule has 1 saturated heterocycles. The number of nitrogens with zero attached hydrogens (tertiary/aromatic N) is 3. The molecule has 0 saturated carbocycles. The largest absolute Gasteiger partial charge is 0.309 e. The minimum absolute atomic E-state index is 0.613. The molecule has 4 nitrogen and oxygen atoms in total. The van der Waals surface area contributed by atoms with E-state index >= 15 is 0 Å². The van der Waals surface area contributed by atoms with Crippen molar-refractivity contribution in [2.75, 3.05) is 40.3 Å². The maximum atomic E-state index is 9.53. The van der Waals surface area contributed by atoms with E-state index in [0.717, 1.165) is 31.1 Å². The number of hydrogen-bond acceptors (Lipinski definition) is 4. The summed E-state index contributed by atoms with van der Waals surface area (Å²) in [5, 5.41) is 9.53. The predicted octanol–water partition coefficient (Wildman–Crippen LogP) is 1.64. The highest BCUT2D eigenvalue weighted by molar-refractivity contribution is 5.31. The Balaban J connectivity index is 1.94. The van der Waals surface area contributed by atoms with Gasteiger partial charge in [0.05, 0.1) is 6.07 Å². The highest BCUT2D eigenvalue weighted by Gasteiger charge is 2.31. The Morgan fingerprint density at radius 3 is 2.43 bits per heavy atom. The van der Waals surface area contributed by atoms with Gasteiger partial charge in [-0.15, -0.1) is 0 Å². The van der Waals surface area contributed by atoms with Gasteiger partial charge in [-0.3, -0.25) is 0 Å². The molecule has 1 aliphatic heterocycles. The van der Waals surface area contributed by atoms with Crippen molar-refractivity contribution in [2.45, 2.75) is 18.4 Å². The number of benzene rings is 1. The van der Waals surface area contributed by atoms with E-state index in [1.165, 1.54) is 12.8 Å². The van der Waals surface area contributed by atoms with E-state index in [2.05, 4.69) is 30.0 Å². The fraction of sp³-hybridized carbons (Fsp3) is 0.588. The minimum Gasteiger partial charge on any atom is -0.309 e. The molecule has 0 amide bonds. The first kappa shape index (κ1) is 16.0. The maximum absolute atomic E-state index is 9.53. The number of hydrogen-bond donors (Lipinski definition) is 1. The van der Waals surface area contributed by atoms with Gasteiger partial charge in [-0.05, 0) is 51.5 Å². The van der Waals surface area contributed by atoms with E-state index in [4.69, 9.17) is 5.73 Å². The van der Waals surface area contributed by atoms with Crippen molar-refractivity contribution in [3.8, 4) is 6.07 Å². The zero-order chi connectivity index (χ0) is 15.3. The van der Waals surface area contributed by atoms with Crippen LogP contribution >= 0.6 is 0 Å². The van der Waals surface area contributed by atoms with E-state index in [1.54, 1.807) is 0 Å². The fourth-order valence-corrected chi connectivity index (χ4v) is 3.12. The molecular formula is C17H26N4. The van der Waals surface area contributed by atoms with Gasteiger partial charge in [0.25, 0.3) is 0 Å². The molecule has 114 valence electrons. The van der Waals surface area contributed by atoms with Gasteiger partial charge in [0.15, 0.2) is 0 Å². The quantitative estimate of drug-likeness (QED) is 0.894. The van der Waals surface area contributed by atoms with E-state index in [1.807, 2.05) is 30.3 Å². The van der Waals surface area contributed by atoms with E-state index < -0.39 is 5.54 Å². The van der Waals surface area contributed by atoms with Crippen LogP contribution in [0.5, 0.6) is 0 Å². The Morgan fingerprint density at radius 2 is 1.90 bits per heavy atom. The molecule has 0 spiro atoms. The monoisotopic (exact) mass is 286 g/mol. The summed E-state index contributed by atoms with van der Waals surface area (Å²) >= 11 is 0. The zero-order valence-corrected chi connectivity index (χ0v) is 13.1. The summed E-state index contributed by atoms with van der Waals surface area (Å²) in [6.45, 7) is 3.83. The van der Waals surface area contributed by atoms with Gasteiger partial charge in [-0.25, -0.2) is 0 Å². The number of nitrogens with two attached hydrogens (primary N) is 1. The third kappa shape index (κ3) is 4.28. The first-order valence-corrected chi connectivity index (χ1v) is 7.66. The van der Waals surface area contributed by atoms with Crippen LogP contribution in [0.3, 0.4) is 0 Å². The Morgan fingerprint density at radius 1 is 1.29 bits per heavy atom. The van der Waals surface area contributed by atoms with Gasteiger partial charge in [-0.1, -0.05) is 30.3 Å². The molecule has 0 aromatic heterocycles. The number of piperidine rings is 1. The molecule has 1 aromatic rings. The molecule has 1 aromatic carbocycles. The maximum Gasteiger partial charge on any atom is 0.142 e. The van der Waals surface area contributed by atoms with Crippen molar-refractivity contribution in [1.82, 2.24) is 9.80 Å². The Kier molecular flexibility index (Phi) is 5.35. The predicted molar refractivity (Wildman–Crippen MR) is 85.6 cm³/mol. The first-order valence-electron chi connectivity index (χ1n) is 7.66. The van der Waals surface area contributed by atoms with Crippen LogP contribution < -0.4 is 5.73 Å². The van der Waals surface area contributed by atoms with Crippen LogP contribution in [0, 0.1) is 17.2 Å². The van der Waals surface area contributed by atoms with Gasteiger partial charge < -0.3 is 15.5 Å². The Hall–Kier alpha value is -1.41. The lowest BCUT2D eigenvalue weighted by molar-refractivity contribution is 0.145. The van der Waals surface area contributed by atoms with Crippen LogP contribution in [0.2, 0.25) is 0 Å². The normalized spacial score (nSPS) is 20.1. The molecule has 0 bridgehead atoms. The molecule has 1 heterocycles. The third-order valence-corrected chi connectivity index (χ3v) is 4.29. The minimum atomic E-state index is -0.907. The fourth-order valence-electron chi connectivity index (χ4n) is 3.12. The molecule has 1 fully saturated rings. The average molecular weight is 286 g/mol. The van der Waals surface area contributed by atoms with Crippen LogP contribution in [0.1, 0.15) is 18.4 Å². The molecular weight excluding hydrogens is 260 g/mol. The summed E-state index contributed by atoms with van der Waals surface area (Å²) in [5.41, 5.74) is 6.35. The van der Waals surface area contributed by atoms with Crippen molar-refractivity contribution in [3.63, 3.8) is 0 Å². The summed E-state index contributed by atoms with van der Waals surface area (Å²) in [4.78, 5) is 4.59. The summed E-state index contributed by atoms with van der Waals surface area (Å²) in [7, 11) is 4.25. The van der Waals surface area contributed by atoms with E-state index in [0.29, 0.717) is 6.54 Å². The number of nitriles is 1. The topological polar surface area (TPSA) is 56.3 Å². The third-order valence-electron chi connectivity index (χ3n) is 4.29. The Bertz CT molecular complexity index is 471. The number of rotatable bonds is 5. The first-order chi connectivity index (χ1) is 10.0. The summed E-state index contributed by atoms with van der Waals surface area (Å²) in [6.07, 6.45) is 2.38. The van der Waals surface area contributed by atoms with Crippen LogP contribution in [-0.4, -0.2) is 50.1 Å². The summed E-state index contributed by atoms with van der Waals surface area (Å²) < 4.78 is 0. The van der Waals surface area contributed by atoms with E-state index in [-0.39, 0.29) is 0 Å². The van der Waals surface area contributed by atoms with Crippen molar-refractivity contribution < 1.29 is 0 Å². The lowest BCUT2D eigenvalue weighted by Crippen LogP contribution is -2.49. The lowest BCUT2D eigenvalue weighted by Gasteiger charge is -2.36. The highest BCUT2D eigenvalue weighted by Crippen LogP contribution is 2.23. The Labute approximate surface area is 128 Å². The van der Waals surface area contributed by atoms with Crippen LogP contribution in [0.25, 0.3) is 0 Å². The molecule has 1 atom stereocenters. The summed E-state index contributed by atoms with van der Waals surface area (Å²) in [6, 6.07) is 12.0. The molecule has 2 N–H and O–H groups in total. The van der Waals surface area contributed by atoms with Crippen molar-refractivity contribution in [2.24, 2.45) is 11.7 Å². The SMILES string of the molecule is CN(C)CC1CCN(CC(N)(C#N)c2ccccc2)CC1. The van der Waals surface area contributed by atoms with Crippen molar-refractivity contribution in [1.29, 1.82) is 5.26 Å². The summed E-state index contributed by atoms with van der Waals surface area (Å²) in [5.74, 6) is 0.766. The van der Waals surface area contributed by atoms with E-state index in [9.17, 15) is 5.26 Å². The molecule has 1 aliphatic rings. The molecule has 21 heavy (non-hydrogen) atoms. The lowest BCUT2D eigenvalue weighted by atomic mass is 9.90. The van der Waals surface area contributed by atoms with Crippen LogP contribution in [0.15, 0.2) is 30.3 Å². The smallest absolute Gasteiger partial charge is 0.142 e. The average Bonchev–Trinajstić information content (AvgIpc) is 2.49.